The zero-order valence-corrected chi connectivity index (χ0v) is 23.4. The number of hydrogen-bond donors (Lipinski definition) is 0. The number of carbonyl (C=O) groups excluding carboxylic acids is 1. The third kappa shape index (κ3) is 4.72. The molecule has 6 heteroatoms. The number of ether oxygens (including phenoxy) is 2. The molecule has 35 heavy (non-hydrogen) atoms. The minimum atomic E-state index is -2.03. The molecule has 0 aromatic carbocycles. The summed E-state index contributed by atoms with van der Waals surface area (Å²) in [5.74, 6) is 0.285. The van der Waals surface area contributed by atoms with E-state index >= 15 is 0 Å². The summed E-state index contributed by atoms with van der Waals surface area (Å²) in [6.45, 7) is 14.4. The van der Waals surface area contributed by atoms with E-state index in [4.69, 9.17) is 18.9 Å². The summed E-state index contributed by atoms with van der Waals surface area (Å²) in [5, 5.41) is 0.123. The first-order valence-corrected chi connectivity index (χ1v) is 16.6. The molecule has 5 nitrogen and oxygen atoms in total. The molecule has 0 bridgehead atoms. The quantitative estimate of drug-likeness (QED) is 0.332. The third-order valence-electron chi connectivity index (χ3n) is 9.53. The molecule has 2 aliphatic heterocycles. The molecule has 1 atom stereocenters. The number of nitrogens with zero attached hydrogens (tertiary/aromatic N) is 1. The van der Waals surface area contributed by atoms with Crippen LogP contribution >= 0.6 is 0 Å². The summed E-state index contributed by atoms with van der Waals surface area (Å²) in [6.07, 6.45) is 11.9. The van der Waals surface area contributed by atoms with Crippen LogP contribution in [0.2, 0.25) is 18.1 Å². The van der Waals surface area contributed by atoms with E-state index in [1.165, 1.54) is 36.1 Å². The zero-order chi connectivity index (χ0) is 24.8. The number of pyridine rings is 1. The van der Waals surface area contributed by atoms with Crippen LogP contribution < -0.4 is 0 Å². The van der Waals surface area contributed by atoms with E-state index in [-0.39, 0.29) is 17.1 Å². The predicted molar refractivity (Wildman–Crippen MR) is 141 cm³/mol. The minimum Gasteiger partial charge on any atom is -0.559 e. The van der Waals surface area contributed by atoms with E-state index < -0.39 is 8.32 Å². The Morgan fingerprint density at radius 2 is 1.89 bits per heavy atom. The van der Waals surface area contributed by atoms with Crippen molar-refractivity contribution in [1.82, 2.24) is 4.98 Å². The van der Waals surface area contributed by atoms with Gasteiger partial charge < -0.3 is 13.9 Å². The van der Waals surface area contributed by atoms with Gasteiger partial charge in [-0.1, -0.05) is 33.3 Å². The van der Waals surface area contributed by atoms with E-state index in [2.05, 4.69) is 39.9 Å². The van der Waals surface area contributed by atoms with Gasteiger partial charge in [-0.15, -0.1) is 18.1 Å². The number of aromatic nitrogens is 1. The summed E-state index contributed by atoms with van der Waals surface area (Å²) in [6, 6.07) is 0. The van der Waals surface area contributed by atoms with E-state index in [1.54, 1.807) is 0 Å². The molecule has 5 rings (SSSR count). The van der Waals surface area contributed by atoms with Crippen LogP contribution in [-0.4, -0.2) is 46.0 Å². The largest absolute Gasteiger partial charge is 0.559 e. The molecule has 4 aliphatic rings. The van der Waals surface area contributed by atoms with Crippen LogP contribution in [0.4, 0.5) is 0 Å². The molecule has 1 saturated heterocycles. The van der Waals surface area contributed by atoms with Crippen molar-refractivity contribution in [2.75, 3.05) is 26.4 Å². The van der Waals surface area contributed by atoms with Crippen LogP contribution in [0.1, 0.15) is 111 Å². The fourth-order valence-electron chi connectivity index (χ4n) is 6.28. The monoisotopic (exact) mass is 497 g/mol. The van der Waals surface area contributed by atoms with Gasteiger partial charge in [0.05, 0.1) is 18.9 Å². The lowest BCUT2D eigenvalue weighted by atomic mass is 9.59. The lowest BCUT2D eigenvalue weighted by Crippen LogP contribution is -2.46. The van der Waals surface area contributed by atoms with Gasteiger partial charge in [-0.25, -0.2) is 0 Å². The van der Waals surface area contributed by atoms with Crippen molar-refractivity contribution in [3.8, 4) is 0 Å². The van der Waals surface area contributed by atoms with E-state index in [0.717, 1.165) is 68.4 Å². The highest BCUT2D eigenvalue weighted by Crippen LogP contribution is 2.57. The number of fused-ring (bicyclic) bond motifs is 1. The number of hydrogen-bond acceptors (Lipinski definition) is 5. The molecule has 193 valence electrons. The molecule has 0 unspecified atom stereocenters. The van der Waals surface area contributed by atoms with Crippen molar-refractivity contribution in [3.63, 3.8) is 0 Å². The molecule has 3 heterocycles. The van der Waals surface area contributed by atoms with Gasteiger partial charge in [0.25, 0.3) is 0 Å². The Balaban J connectivity index is 1.70. The fraction of sp³-hybridized carbons (Fsp3) is 0.724. The van der Waals surface area contributed by atoms with Gasteiger partial charge in [0, 0.05) is 42.1 Å². The van der Waals surface area contributed by atoms with Crippen LogP contribution in [0.25, 0.3) is 5.57 Å². The second kappa shape index (κ2) is 9.51. The number of rotatable bonds is 5. The summed E-state index contributed by atoms with van der Waals surface area (Å²) in [7, 11) is -2.03. The minimum absolute atomic E-state index is 0.00799. The standard InChI is InChI=1S/C29H43NO4Si/c1-28(2,3)35(4,5)34-24-18-29(11-6-12-29)17-23-26(24)25(20-7-13-32-14-8-20)22(19-31)27(30-23)21-9-15-33-16-10-21/h7,19,21,24H,6,8-18H2,1-5H3/q-1/t24-/m0/s1. The molecule has 1 saturated carbocycles. The second-order valence-electron chi connectivity index (χ2n) is 12.8. The van der Waals surface area contributed by atoms with Crippen molar-refractivity contribution in [2.24, 2.45) is 5.41 Å². The number of aldehydes is 1. The summed E-state index contributed by atoms with van der Waals surface area (Å²) >= 11 is 0. The Labute approximate surface area is 212 Å². The Kier molecular flexibility index (Phi) is 6.88. The molecule has 0 amide bonds. The molecule has 1 spiro atoms. The first-order valence-electron chi connectivity index (χ1n) is 13.7. The lowest BCUT2D eigenvalue weighted by molar-refractivity contribution is 0.0296. The topological polar surface area (TPSA) is 57.7 Å². The first kappa shape index (κ1) is 25.3. The molecule has 2 fully saturated rings. The van der Waals surface area contributed by atoms with Crippen molar-refractivity contribution in [1.29, 1.82) is 0 Å². The summed E-state index contributed by atoms with van der Waals surface area (Å²) < 4.78 is 18.6. The highest BCUT2D eigenvalue weighted by Gasteiger charge is 2.47. The van der Waals surface area contributed by atoms with Crippen LogP contribution in [0, 0.1) is 5.41 Å². The molecule has 2 aliphatic carbocycles. The molecular formula is C29H43NO4Si-. The lowest BCUT2D eigenvalue weighted by Gasteiger charge is -2.56. The molecular weight excluding hydrogens is 454 g/mol. The van der Waals surface area contributed by atoms with Crippen molar-refractivity contribution < 1.29 is 18.7 Å². The third-order valence-corrected chi connectivity index (χ3v) is 14.0. The Bertz CT molecular complexity index is 999. The first-order chi connectivity index (χ1) is 16.6. The smallest absolute Gasteiger partial charge is 0.152 e. The molecule has 0 N–H and O–H groups in total. The van der Waals surface area contributed by atoms with Gasteiger partial charge in [-0.05, 0) is 69.8 Å². The van der Waals surface area contributed by atoms with Gasteiger partial charge >= 0.3 is 0 Å². The van der Waals surface area contributed by atoms with Gasteiger partial charge in [0.15, 0.2) is 6.29 Å². The van der Waals surface area contributed by atoms with Gasteiger partial charge in [-0.3, -0.25) is 9.78 Å². The highest BCUT2D eigenvalue weighted by molar-refractivity contribution is 6.74. The van der Waals surface area contributed by atoms with Crippen molar-refractivity contribution in [3.05, 3.63) is 34.2 Å². The second-order valence-corrected chi connectivity index (χ2v) is 17.6. The highest BCUT2D eigenvalue weighted by atomic mass is 28.4. The maximum atomic E-state index is 12.8. The average Bonchev–Trinajstić information content (AvgIpc) is 2.82. The van der Waals surface area contributed by atoms with Crippen molar-refractivity contribution in [2.45, 2.75) is 102 Å². The molecule has 1 aromatic heterocycles. The maximum absolute atomic E-state index is 12.8. The SMILES string of the molecule is CC(C)(C)[Si-](C)(C)O[C@H]1CC2(CCC2)Cc2nc(C3CCOCC3)c(C=O)c(C3=CCOCC3)c21. The maximum Gasteiger partial charge on any atom is 0.152 e. The van der Waals surface area contributed by atoms with Crippen LogP contribution in [0.3, 0.4) is 0 Å². The normalized spacial score (nSPS) is 25.1. The molecule has 1 aromatic rings. The van der Waals surface area contributed by atoms with Gasteiger partial charge in [-0.2, -0.15) is 0 Å². The van der Waals surface area contributed by atoms with E-state index in [0.29, 0.717) is 18.6 Å². The van der Waals surface area contributed by atoms with E-state index in [9.17, 15) is 4.79 Å². The Hall–Kier alpha value is -1.34. The van der Waals surface area contributed by atoms with Crippen LogP contribution in [-0.2, 0) is 20.3 Å². The Morgan fingerprint density at radius 1 is 1.14 bits per heavy atom. The van der Waals surface area contributed by atoms with E-state index in [1.807, 2.05) is 0 Å². The fourth-order valence-corrected chi connectivity index (χ4v) is 7.55. The van der Waals surface area contributed by atoms with Crippen molar-refractivity contribution >= 4 is 20.2 Å². The zero-order valence-electron chi connectivity index (χ0n) is 22.4. The van der Waals surface area contributed by atoms with Gasteiger partial charge in [0.1, 0.15) is 0 Å². The summed E-state index contributed by atoms with van der Waals surface area (Å²) in [5.41, 5.74) is 6.92. The number of carbonyl (C=O) groups is 1. The molecule has 0 radical (unpaired) electrons. The van der Waals surface area contributed by atoms with Crippen LogP contribution in [0.15, 0.2) is 6.08 Å². The van der Waals surface area contributed by atoms with Crippen LogP contribution in [0.5, 0.6) is 0 Å². The average molecular weight is 498 g/mol. The Morgan fingerprint density at radius 3 is 2.46 bits per heavy atom. The summed E-state index contributed by atoms with van der Waals surface area (Å²) in [4.78, 5) is 18.2. The predicted octanol–water partition coefficient (Wildman–Crippen LogP) is 6.77. The van der Waals surface area contributed by atoms with Gasteiger partial charge in [0.2, 0.25) is 0 Å².